The van der Waals surface area contributed by atoms with Gasteiger partial charge in [-0.2, -0.15) is 0 Å². The van der Waals surface area contributed by atoms with E-state index in [0.717, 1.165) is 0 Å². The lowest BCUT2D eigenvalue weighted by Gasteiger charge is -2.20. The van der Waals surface area contributed by atoms with Crippen molar-refractivity contribution in [3.05, 3.63) is 53.6 Å². The molecule has 0 radical (unpaired) electrons. The lowest BCUT2D eigenvalue weighted by Crippen LogP contribution is -2.27. The van der Waals surface area contributed by atoms with Gasteiger partial charge in [-0.15, -0.1) is 0 Å². The number of hydrogen-bond donors (Lipinski definition) is 0. The molecule has 35 heavy (non-hydrogen) atoms. The fourth-order valence-electron chi connectivity index (χ4n) is 2.44. The molecule has 2 aromatic rings. The summed E-state index contributed by atoms with van der Waals surface area (Å²) in [7, 11) is 0. The van der Waals surface area contributed by atoms with Crippen molar-refractivity contribution < 1.29 is 33.4 Å². The van der Waals surface area contributed by atoms with Crippen LogP contribution in [0.25, 0.3) is 0 Å². The molecule has 0 saturated heterocycles. The van der Waals surface area contributed by atoms with E-state index in [0.29, 0.717) is 11.3 Å². The fourth-order valence-corrected chi connectivity index (χ4v) is 2.44. The van der Waals surface area contributed by atoms with Crippen molar-refractivity contribution >= 4 is 23.7 Å². The monoisotopic (exact) mass is 482 g/mol. The number of ether oxygens (including phenoxy) is 3. The highest BCUT2D eigenvalue weighted by Gasteiger charge is 2.28. The number of carbonyl (C=O) groups is 4. The van der Waals surface area contributed by atoms with Crippen LogP contribution in [0.4, 0.5) is 0 Å². The van der Waals surface area contributed by atoms with Gasteiger partial charge in [0.2, 0.25) is 0 Å². The third-order valence-electron chi connectivity index (χ3n) is 4.78. The molecular formula is C28H34O7. The lowest BCUT2D eigenvalue weighted by atomic mass is 9.97. The summed E-state index contributed by atoms with van der Waals surface area (Å²) in [5, 5.41) is 0. The normalized spacial score (nSPS) is 12.0. The van der Waals surface area contributed by atoms with E-state index in [-0.39, 0.29) is 17.1 Å². The molecule has 0 amide bonds. The molecule has 0 aliphatic rings. The molecule has 2 rings (SSSR count). The van der Waals surface area contributed by atoms with Crippen LogP contribution in [0.2, 0.25) is 0 Å². The number of benzene rings is 2. The first-order chi connectivity index (χ1) is 15.9. The third kappa shape index (κ3) is 7.50. The Morgan fingerprint density at radius 3 is 1.40 bits per heavy atom. The summed E-state index contributed by atoms with van der Waals surface area (Å²) in [5.74, 6) is -1.37. The first-order valence-electron chi connectivity index (χ1n) is 11.4. The zero-order valence-corrected chi connectivity index (χ0v) is 21.9. The Morgan fingerprint density at radius 1 is 0.543 bits per heavy atom. The maximum absolute atomic E-state index is 13.3. The van der Waals surface area contributed by atoms with Crippen molar-refractivity contribution in [2.24, 2.45) is 16.2 Å². The molecule has 188 valence electrons. The summed E-state index contributed by atoms with van der Waals surface area (Å²) in [5.41, 5.74) is -1.81. The van der Waals surface area contributed by atoms with Crippen LogP contribution in [0, 0.1) is 16.2 Å². The van der Waals surface area contributed by atoms with Gasteiger partial charge in [0.25, 0.3) is 0 Å². The number of carbonyl (C=O) groups excluding carboxylic acids is 4. The van der Waals surface area contributed by atoms with Gasteiger partial charge in [-0.3, -0.25) is 19.2 Å². The molecule has 0 unspecified atom stereocenters. The van der Waals surface area contributed by atoms with Gasteiger partial charge < -0.3 is 14.2 Å². The molecule has 0 N–H and O–H groups in total. The van der Waals surface area contributed by atoms with Crippen LogP contribution in [0.3, 0.4) is 0 Å². The molecule has 0 atom stereocenters. The van der Waals surface area contributed by atoms with Gasteiger partial charge in [0, 0.05) is 11.6 Å². The highest BCUT2D eigenvalue weighted by molar-refractivity contribution is 6.11. The Labute approximate surface area is 206 Å². The van der Waals surface area contributed by atoms with Crippen LogP contribution >= 0.6 is 0 Å². The predicted octanol–water partition coefficient (Wildman–Crippen LogP) is 5.77. The topological polar surface area (TPSA) is 96.0 Å². The number of hydrogen-bond acceptors (Lipinski definition) is 7. The molecule has 0 spiro atoms. The van der Waals surface area contributed by atoms with E-state index >= 15 is 0 Å². The molecule has 0 bridgehead atoms. The molecule has 0 aliphatic carbocycles. The van der Waals surface area contributed by atoms with E-state index in [1.807, 2.05) is 0 Å². The molecular weight excluding hydrogens is 448 g/mol. The predicted molar refractivity (Wildman–Crippen MR) is 132 cm³/mol. The van der Waals surface area contributed by atoms with Crippen LogP contribution in [0.1, 0.15) is 78.2 Å². The van der Waals surface area contributed by atoms with E-state index in [4.69, 9.17) is 14.2 Å². The van der Waals surface area contributed by atoms with Crippen LogP contribution in [0.5, 0.6) is 17.2 Å². The fraction of sp³-hybridized carbons (Fsp3) is 0.429. The largest absolute Gasteiger partial charge is 0.426 e. The van der Waals surface area contributed by atoms with Gasteiger partial charge in [-0.05, 0) is 98.7 Å². The second-order valence-corrected chi connectivity index (χ2v) is 11.4. The summed E-state index contributed by atoms with van der Waals surface area (Å²) in [6.07, 6.45) is 0. The summed E-state index contributed by atoms with van der Waals surface area (Å²) in [6, 6.07) is 10.4. The van der Waals surface area contributed by atoms with Gasteiger partial charge in [-0.25, -0.2) is 0 Å². The quantitative estimate of drug-likeness (QED) is 0.303. The molecule has 0 fully saturated rings. The Kier molecular flexibility index (Phi) is 7.95. The number of esters is 3. The van der Waals surface area contributed by atoms with Gasteiger partial charge in [0.05, 0.1) is 21.8 Å². The summed E-state index contributed by atoms with van der Waals surface area (Å²) < 4.78 is 16.3. The molecule has 0 saturated carbocycles. The molecule has 2 aromatic carbocycles. The second kappa shape index (κ2) is 10.0. The standard InChI is InChI=1S/C28H34O7/c1-26(2,3)23(30)33-18-12-10-17(11-13-18)22(29)20-15-14-19(34-24(31)27(4,5)6)16-21(20)35-25(32)28(7,8)9/h10-16H,1-9H3. The molecule has 7 nitrogen and oxygen atoms in total. The van der Waals surface area contributed by atoms with E-state index < -0.39 is 39.9 Å². The Balaban J connectivity index is 2.39. The molecule has 7 heteroatoms. The smallest absolute Gasteiger partial charge is 0.316 e. The first kappa shape index (κ1) is 27.8. The van der Waals surface area contributed by atoms with Crippen molar-refractivity contribution in [2.45, 2.75) is 62.3 Å². The first-order valence-corrected chi connectivity index (χ1v) is 11.4. The molecule has 0 aromatic heterocycles. The van der Waals surface area contributed by atoms with E-state index in [1.165, 1.54) is 42.5 Å². The highest BCUT2D eigenvalue weighted by atomic mass is 16.6. The third-order valence-corrected chi connectivity index (χ3v) is 4.78. The van der Waals surface area contributed by atoms with Crippen molar-refractivity contribution in [2.75, 3.05) is 0 Å². The average Bonchev–Trinajstić information content (AvgIpc) is 2.72. The second-order valence-electron chi connectivity index (χ2n) is 11.4. The summed E-state index contributed by atoms with van der Waals surface area (Å²) in [4.78, 5) is 50.3. The highest BCUT2D eigenvalue weighted by Crippen LogP contribution is 2.31. The van der Waals surface area contributed by atoms with Gasteiger partial charge in [-0.1, -0.05) is 0 Å². The molecule has 0 heterocycles. The molecule has 0 aliphatic heterocycles. The van der Waals surface area contributed by atoms with Crippen LogP contribution in [0.15, 0.2) is 42.5 Å². The zero-order valence-electron chi connectivity index (χ0n) is 21.9. The van der Waals surface area contributed by atoms with Crippen molar-refractivity contribution in [3.8, 4) is 17.2 Å². The summed E-state index contributed by atoms with van der Waals surface area (Å²) in [6.45, 7) is 15.5. The van der Waals surface area contributed by atoms with Crippen LogP contribution < -0.4 is 14.2 Å². The van der Waals surface area contributed by atoms with Crippen molar-refractivity contribution in [1.29, 1.82) is 0 Å². The average molecular weight is 483 g/mol. The minimum absolute atomic E-state index is 0.0163. The number of rotatable bonds is 5. The lowest BCUT2D eigenvalue weighted by molar-refractivity contribution is -0.143. The maximum atomic E-state index is 13.3. The minimum atomic E-state index is -0.822. The maximum Gasteiger partial charge on any atom is 0.316 e. The Bertz CT molecular complexity index is 1120. The minimum Gasteiger partial charge on any atom is -0.426 e. The van der Waals surface area contributed by atoms with Gasteiger partial charge >= 0.3 is 17.9 Å². The SMILES string of the molecule is CC(C)(C)C(=O)Oc1ccc(C(=O)c2ccc(OC(=O)C(C)(C)C)cc2OC(=O)C(C)(C)C)cc1. The number of ketones is 1. The zero-order chi connectivity index (χ0) is 26.8. The van der Waals surface area contributed by atoms with Crippen LogP contribution in [-0.4, -0.2) is 23.7 Å². The Morgan fingerprint density at radius 2 is 0.943 bits per heavy atom. The van der Waals surface area contributed by atoms with E-state index in [1.54, 1.807) is 62.3 Å². The van der Waals surface area contributed by atoms with E-state index in [9.17, 15) is 19.2 Å². The summed E-state index contributed by atoms with van der Waals surface area (Å²) >= 11 is 0. The Hall–Kier alpha value is -3.48. The van der Waals surface area contributed by atoms with Crippen molar-refractivity contribution in [1.82, 2.24) is 0 Å². The van der Waals surface area contributed by atoms with Crippen LogP contribution in [-0.2, 0) is 14.4 Å². The van der Waals surface area contributed by atoms with E-state index in [2.05, 4.69) is 0 Å². The van der Waals surface area contributed by atoms with Crippen molar-refractivity contribution in [3.63, 3.8) is 0 Å². The van der Waals surface area contributed by atoms with Gasteiger partial charge in [0.1, 0.15) is 17.2 Å². The van der Waals surface area contributed by atoms with Gasteiger partial charge in [0.15, 0.2) is 5.78 Å².